The van der Waals surface area contributed by atoms with E-state index in [0.29, 0.717) is 0 Å². The fourth-order valence-electron chi connectivity index (χ4n) is 1.60. The van der Waals surface area contributed by atoms with E-state index < -0.39 is 26.5 Å². The molecule has 0 aliphatic rings. The van der Waals surface area contributed by atoms with E-state index in [1.165, 1.54) is 13.8 Å². The zero-order valence-electron chi connectivity index (χ0n) is 15.9. The number of ether oxygens (including phenoxy) is 2. The lowest BCUT2D eigenvalue weighted by atomic mass is 10.1. The highest BCUT2D eigenvalue weighted by atomic mass is 28.4. The summed E-state index contributed by atoms with van der Waals surface area (Å²) >= 11 is 0. The first-order valence-electron chi connectivity index (χ1n) is 7.97. The summed E-state index contributed by atoms with van der Waals surface area (Å²) in [6.07, 6.45) is 2.46. The van der Waals surface area contributed by atoms with Gasteiger partial charge in [-0.3, -0.25) is 9.59 Å². The minimum Gasteiger partial charge on any atom is -0.421 e. The first-order chi connectivity index (χ1) is 10.3. The molecule has 0 aromatic heterocycles. The molecule has 2 atom stereocenters. The van der Waals surface area contributed by atoms with Gasteiger partial charge in [-0.15, -0.1) is 0 Å². The Balaban J connectivity index is 4.84. The van der Waals surface area contributed by atoms with E-state index in [1.807, 2.05) is 19.9 Å². The van der Waals surface area contributed by atoms with Crippen LogP contribution < -0.4 is 0 Å². The maximum Gasteiger partial charge on any atom is 0.305 e. The molecular formula is C17H32O5Si. The molecular weight excluding hydrogens is 312 g/mol. The molecule has 23 heavy (non-hydrogen) atoms. The van der Waals surface area contributed by atoms with Crippen LogP contribution in [0.5, 0.6) is 0 Å². The molecule has 0 rings (SSSR count). The van der Waals surface area contributed by atoms with Crippen LogP contribution >= 0.6 is 0 Å². The van der Waals surface area contributed by atoms with Crippen LogP contribution in [0, 0.1) is 5.92 Å². The summed E-state index contributed by atoms with van der Waals surface area (Å²) in [4.78, 5) is 22.1. The minimum absolute atomic E-state index is 0.0162. The van der Waals surface area contributed by atoms with E-state index in [1.54, 1.807) is 6.08 Å². The van der Waals surface area contributed by atoms with Gasteiger partial charge in [0, 0.05) is 20.0 Å². The second kappa shape index (κ2) is 8.64. The number of rotatable bonds is 7. The van der Waals surface area contributed by atoms with E-state index >= 15 is 0 Å². The third-order valence-electron chi connectivity index (χ3n) is 4.16. The van der Waals surface area contributed by atoms with Gasteiger partial charge in [0.15, 0.2) is 8.32 Å². The maximum atomic E-state index is 11.0. The molecule has 0 aliphatic carbocycles. The van der Waals surface area contributed by atoms with Gasteiger partial charge >= 0.3 is 11.9 Å². The summed E-state index contributed by atoms with van der Waals surface area (Å²) < 4.78 is 16.2. The van der Waals surface area contributed by atoms with E-state index in [2.05, 4.69) is 33.9 Å². The second-order valence-corrected chi connectivity index (χ2v) is 12.2. The summed E-state index contributed by atoms with van der Waals surface area (Å²) in [5.41, 5.74) is 0. The quantitative estimate of drug-likeness (QED) is 0.302. The topological polar surface area (TPSA) is 61.8 Å². The van der Waals surface area contributed by atoms with Crippen molar-refractivity contribution < 1.29 is 23.5 Å². The smallest absolute Gasteiger partial charge is 0.305 e. The average Bonchev–Trinajstić information content (AvgIpc) is 2.32. The SMILES string of the molecule is CC(=O)OC(/C=C/[C@@H](C)[C@H](C)O[Si](C)(C)C(C)(C)C)OC(C)=O. The van der Waals surface area contributed by atoms with Gasteiger partial charge in [-0.25, -0.2) is 0 Å². The molecule has 0 heterocycles. The molecule has 0 aliphatic heterocycles. The van der Waals surface area contributed by atoms with Crippen molar-refractivity contribution in [1.82, 2.24) is 0 Å². The predicted molar refractivity (Wildman–Crippen MR) is 93.4 cm³/mol. The Hall–Kier alpha value is -1.14. The van der Waals surface area contributed by atoms with Gasteiger partial charge in [0.05, 0.1) is 0 Å². The molecule has 0 saturated carbocycles. The van der Waals surface area contributed by atoms with Gasteiger partial charge < -0.3 is 13.9 Å². The maximum absolute atomic E-state index is 11.0. The molecule has 134 valence electrons. The normalized spacial score (nSPS) is 15.6. The predicted octanol–water partition coefficient (Wildman–Crippen LogP) is 4.04. The van der Waals surface area contributed by atoms with Crippen molar-refractivity contribution in [3.05, 3.63) is 12.2 Å². The Morgan fingerprint density at radius 2 is 1.39 bits per heavy atom. The molecule has 0 N–H and O–H groups in total. The van der Waals surface area contributed by atoms with Gasteiger partial charge in [0.2, 0.25) is 0 Å². The summed E-state index contributed by atoms with van der Waals surface area (Å²) in [5.74, 6) is -0.906. The van der Waals surface area contributed by atoms with Gasteiger partial charge in [0.1, 0.15) is 0 Å². The van der Waals surface area contributed by atoms with Crippen LogP contribution in [0.1, 0.15) is 48.5 Å². The minimum atomic E-state index is -1.84. The highest BCUT2D eigenvalue weighted by Gasteiger charge is 2.38. The number of hydrogen-bond acceptors (Lipinski definition) is 5. The van der Waals surface area contributed by atoms with Gasteiger partial charge in [0.25, 0.3) is 6.29 Å². The Kier molecular flexibility index (Phi) is 8.21. The molecule has 0 saturated heterocycles. The van der Waals surface area contributed by atoms with Crippen molar-refractivity contribution >= 4 is 20.3 Å². The molecule has 0 bridgehead atoms. The zero-order valence-corrected chi connectivity index (χ0v) is 16.9. The lowest BCUT2D eigenvalue weighted by molar-refractivity contribution is -0.176. The molecule has 5 nitrogen and oxygen atoms in total. The van der Waals surface area contributed by atoms with Gasteiger partial charge in [-0.05, 0) is 37.0 Å². The van der Waals surface area contributed by atoms with E-state index in [-0.39, 0.29) is 17.1 Å². The summed E-state index contributed by atoms with van der Waals surface area (Å²) in [7, 11) is -1.84. The van der Waals surface area contributed by atoms with Crippen LogP contribution in [-0.4, -0.2) is 32.6 Å². The van der Waals surface area contributed by atoms with Gasteiger partial charge in [-0.1, -0.05) is 33.8 Å². The Morgan fingerprint density at radius 1 is 0.957 bits per heavy atom. The van der Waals surface area contributed by atoms with Crippen molar-refractivity contribution in [3.63, 3.8) is 0 Å². The molecule has 0 fully saturated rings. The number of carbonyl (C=O) groups is 2. The number of carbonyl (C=O) groups excluding carboxylic acids is 2. The third-order valence-corrected chi connectivity index (χ3v) is 8.74. The Morgan fingerprint density at radius 3 is 1.74 bits per heavy atom. The Labute approximate surface area is 141 Å². The first kappa shape index (κ1) is 21.9. The molecule has 0 aromatic rings. The van der Waals surface area contributed by atoms with Crippen LogP contribution in [-0.2, 0) is 23.5 Å². The molecule has 0 unspecified atom stereocenters. The van der Waals surface area contributed by atoms with Crippen LogP contribution in [0.4, 0.5) is 0 Å². The van der Waals surface area contributed by atoms with Crippen LogP contribution in [0.15, 0.2) is 12.2 Å². The summed E-state index contributed by atoms with van der Waals surface area (Å²) in [6, 6.07) is 0. The van der Waals surface area contributed by atoms with Crippen molar-refractivity contribution in [3.8, 4) is 0 Å². The van der Waals surface area contributed by atoms with Crippen LogP contribution in [0.3, 0.4) is 0 Å². The monoisotopic (exact) mass is 344 g/mol. The van der Waals surface area contributed by atoms with Gasteiger partial charge in [-0.2, -0.15) is 0 Å². The van der Waals surface area contributed by atoms with Crippen molar-refractivity contribution in [2.24, 2.45) is 5.92 Å². The number of hydrogen-bond donors (Lipinski definition) is 0. The van der Waals surface area contributed by atoms with Crippen LogP contribution in [0.25, 0.3) is 0 Å². The molecule has 0 aromatic carbocycles. The molecule has 6 heteroatoms. The third kappa shape index (κ3) is 8.32. The van der Waals surface area contributed by atoms with Crippen molar-refractivity contribution in [2.75, 3.05) is 0 Å². The average molecular weight is 345 g/mol. The lowest BCUT2D eigenvalue weighted by Crippen LogP contribution is -2.44. The molecule has 0 amide bonds. The molecule has 0 spiro atoms. The Bertz CT molecular complexity index is 421. The van der Waals surface area contributed by atoms with E-state index in [0.717, 1.165) is 0 Å². The fraction of sp³-hybridized carbons (Fsp3) is 0.765. The second-order valence-electron chi connectivity index (χ2n) is 7.41. The zero-order chi connectivity index (χ0) is 18.4. The summed E-state index contributed by atoms with van der Waals surface area (Å²) in [5, 5.41) is 0.142. The largest absolute Gasteiger partial charge is 0.421 e. The standard InChI is InChI=1S/C17H32O5Si/c1-12(13(2)22-23(8,9)17(5,6)7)10-11-16(20-14(3)18)21-15(4)19/h10-13,16H,1-9H3/b11-10+/t12-,13+/m1/s1. The van der Waals surface area contributed by atoms with Crippen LogP contribution in [0.2, 0.25) is 18.1 Å². The van der Waals surface area contributed by atoms with E-state index in [4.69, 9.17) is 13.9 Å². The lowest BCUT2D eigenvalue weighted by Gasteiger charge is -2.39. The highest BCUT2D eigenvalue weighted by molar-refractivity contribution is 6.74. The molecule has 0 radical (unpaired) electrons. The number of esters is 2. The highest BCUT2D eigenvalue weighted by Crippen LogP contribution is 2.38. The fourth-order valence-corrected chi connectivity index (χ4v) is 3.10. The van der Waals surface area contributed by atoms with E-state index in [9.17, 15) is 9.59 Å². The summed E-state index contributed by atoms with van der Waals surface area (Å²) in [6.45, 7) is 17.6. The van der Waals surface area contributed by atoms with Crippen molar-refractivity contribution in [2.45, 2.75) is 79.0 Å². The van der Waals surface area contributed by atoms with Crippen molar-refractivity contribution in [1.29, 1.82) is 0 Å². The first-order valence-corrected chi connectivity index (χ1v) is 10.9.